The van der Waals surface area contributed by atoms with Crippen LogP contribution in [0, 0.1) is 0 Å². The molecule has 0 aromatic rings. The van der Waals surface area contributed by atoms with Crippen molar-refractivity contribution in [3.05, 3.63) is 0 Å². The molecule has 0 radical (unpaired) electrons. The number of nitrogens with zero attached hydrogens (tertiary/aromatic N) is 2. The van der Waals surface area contributed by atoms with Gasteiger partial charge >= 0.3 is 6.03 Å². The number of hydroxylamine groups is 1. The maximum atomic E-state index is 11.4. The number of imide groups is 1. The number of rotatable bonds is 6. The minimum absolute atomic E-state index is 0.00333. The molecule has 0 saturated carbocycles. The zero-order valence-electron chi connectivity index (χ0n) is 9.76. The van der Waals surface area contributed by atoms with Crippen LogP contribution in [0.2, 0.25) is 0 Å². The second kappa shape index (κ2) is 6.16. The summed E-state index contributed by atoms with van der Waals surface area (Å²) in [4.78, 5) is 40.9. The highest BCUT2D eigenvalue weighted by Crippen LogP contribution is 2.06. The van der Waals surface area contributed by atoms with Gasteiger partial charge in [0.05, 0.1) is 13.2 Å². The van der Waals surface area contributed by atoms with Gasteiger partial charge in [-0.05, 0) is 0 Å². The molecule has 1 saturated heterocycles. The summed E-state index contributed by atoms with van der Waals surface area (Å²) in [5.41, 5.74) is 2.12. The lowest BCUT2D eigenvalue weighted by Crippen LogP contribution is -2.41. The lowest BCUT2D eigenvalue weighted by Gasteiger charge is -2.13. The average molecular weight is 245 g/mol. The number of carbonyl (C=O) groups is 3. The summed E-state index contributed by atoms with van der Waals surface area (Å²) in [6.45, 7) is 0.195. The number of nitrogens with one attached hydrogen (secondary N) is 1. The monoisotopic (exact) mass is 245 g/mol. The van der Waals surface area contributed by atoms with Crippen molar-refractivity contribution < 1.29 is 24.0 Å². The van der Waals surface area contributed by atoms with Gasteiger partial charge < -0.3 is 9.64 Å². The minimum atomic E-state index is -0.557. The Morgan fingerprint density at radius 2 is 2.12 bits per heavy atom. The molecule has 1 N–H and O–H groups in total. The van der Waals surface area contributed by atoms with Crippen molar-refractivity contribution in [3.8, 4) is 0 Å². The van der Waals surface area contributed by atoms with Crippen LogP contribution in [-0.4, -0.2) is 68.1 Å². The molecule has 0 aliphatic carbocycles. The first-order valence-corrected chi connectivity index (χ1v) is 5.01. The van der Waals surface area contributed by atoms with Crippen LogP contribution >= 0.6 is 0 Å². The van der Waals surface area contributed by atoms with Crippen LogP contribution in [0.25, 0.3) is 0 Å². The fraction of sp³-hybridized carbons (Fsp3) is 0.667. The lowest BCUT2D eigenvalue weighted by molar-refractivity contribution is -0.138. The van der Waals surface area contributed by atoms with Crippen molar-refractivity contribution in [1.29, 1.82) is 0 Å². The first-order chi connectivity index (χ1) is 8.06. The molecule has 0 atom stereocenters. The number of hydrogen-bond acceptors (Lipinski definition) is 5. The summed E-state index contributed by atoms with van der Waals surface area (Å²) >= 11 is 0. The molecule has 0 aromatic carbocycles. The van der Waals surface area contributed by atoms with Crippen LogP contribution in [0.5, 0.6) is 0 Å². The van der Waals surface area contributed by atoms with Gasteiger partial charge in [0.15, 0.2) is 0 Å². The topological polar surface area (TPSA) is 88.2 Å². The molecular weight excluding hydrogens is 230 g/mol. The van der Waals surface area contributed by atoms with Gasteiger partial charge in [-0.2, -0.15) is 0 Å². The first-order valence-electron chi connectivity index (χ1n) is 5.01. The molecule has 1 fully saturated rings. The molecule has 1 aliphatic rings. The van der Waals surface area contributed by atoms with Crippen LogP contribution < -0.4 is 5.48 Å². The second-order valence-corrected chi connectivity index (χ2v) is 3.49. The SMILES string of the molecule is COCCONC(=O)CN1C(=O)CN(C)C1=O. The highest BCUT2D eigenvalue weighted by Gasteiger charge is 2.34. The number of methoxy groups -OCH3 is 1. The highest BCUT2D eigenvalue weighted by atomic mass is 16.7. The molecule has 0 spiro atoms. The Morgan fingerprint density at radius 1 is 1.41 bits per heavy atom. The Morgan fingerprint density at radius 3 is 2.65 bits per heavy atom. The molecule has 1 heterocycles. The zero-order valence-corrected chi connectivity index (χ0v) is 9.76. The predicted molar refractivity (Wildman–Crippen MR) is 55.7 cm³/mol. The van der Waals surface area contributed by atoms with E-state index in [-0.39, 0.29) is 19.7 Å². The second-order valence-electron chi connectivity index (χ2n) is 3.49. The summed E-state index contributed by atoms with van der Waals surface area (Å²) in [5, 5.41) is 0. The molecule has 8 nitrogen and oxygen atoms in total. The maximum absolute atomic E-state index is 11.4. The van der Waals surface area contributed by atoms with Crippen molar-refractivity contribution in [2.45, 2.75) is 0 Å². The third-order valence-electron chi connectivity index (χ3n) is 2.11. The van der Waals surface area contributed by atoms with Crippen molar-refractivity contribution >= 4 is 17.8 Å². The largest absolute Gasteiger partial charge is 0.382 e. The van der Waals surface area contributed by atoms with Gasteiger partial charge in [-0.3, -0.25) is 19.3 Å². The van der Waals surface area contributed by atoms with E-state index < -0.39 is 17.8 Å². The van der Waals surface area contributed by atoms with Crippen LogP contribution in [0.3, 0.4) is 0 Å². The van der Waals surface area contributed by atoms with E-state index in [2.05, 4.69) is 5.48 Å². The fourth-order valence-corrected chi connectivity index (χ4v) is 1.26. The minimum Gasteiger partial charge on any atom is -0.382 e. The number of carbonyl (C=O) groups excluding carboxylic acids is 3. The molecule has 4 amide bonds. The number of urea groups is 1. The van der Waals surface area contributed by atoms with Gasteiger partial charge in [-0.25, -0.2) is 10.3 Å². The van der Waals surface area contributed by atoms with Crippen molar-refractivity contribution in [2.24, 2.45) is 0 Å². The Kier molecular flexibility index (Phi) is 4.85. The van der Waals surface area contributed by atoms with Crippen LogP contribution in [0.4, 0.5) is 4.79 Å². The molecule has 17 heavy (non-hydrogen) atoms. The smallest absolute Gasteiger partial charge is 0.327 e. The number of ether oxygens (including phenoxy) is 1. The Bertz CT molecular complexity index is 320. The summed E-state index contributed by atoms with van der Waals surface area (Å²) in [7, 11) is 3.00. The van der Waals surface area contributed by atoms with E-state index in [0.717, 1.165) is 4.90 Å². The van der Waals surface area contributed by atoms with Crippen LogP contribution in [-0.2, 0) is 19.2 Å². The number of hydrogen-bond donors (Lipinski definition) is 1. The van der Waals surface area contributed by atoms with Crippen molar-refractivity contribution in [2.75, 3.05) is 40.5 Å². The first kappa shape index (κ1) is 13.4. The molecule has 0 unspecified atom stereocenters. The van der Waals surface area contributed by atoms with E-state index in [1.165, 1.54) is 19.1 Å². The van der Waals surface area contributed by atoms with Gasteiger partial charge in [0.1, 0.15) is 13.1 Å². The van der Waals surface area contributed by atoms with Crippen molar-refractivity contribution in [1.82, 2.24) is 15.3 Å². The summed E-state index contributed by atoms with van der Waals surface area (Å²) < 4.78 is 4.70. The quantitative estimate of drug-likeness (QED) is 0.352. The summed E-state index contributed by atoms with van der Waals surface area (Å²) in [5.74, 6) is -0.956. The summed E-state index contributed by atoms with van der Waals surface area (Å²) in [6.07, 6.45) is 0. The van der Waals surface area contributed by atoms with E-state index in [4.69, 9.17) is 9.57 Å². The number of amides is 4. The normalized spacial score (nSPS) is 15.6. The van der Waals surface area contributed by atoms with Crippen LogP contribution in [0.15, 0.2) is 0 Å². The molecule has 1 rings (SSSR count). The van der Waals surface area contributed by atoms with E-state index >= 15 is 0 Å². The van der Waals surface area contributed by atoms with E-state index in [1.807, 2.05) is 0 Å². The predicted octanol–water partition coefficient (Wildman–Crippen LogP) is -1.43. The third-order valence-corrected chi connectivity index (χ3v) is 2.11. The van der Waals surface area contributed by atoms with E-state index in [9.17, 15) is 14.4 Å². The molecule has 0 aromatic heterocycles. The standard InChI is InChI=1S/C9H15N3O5/c1-11-6-8(14)12(9(11)15)5-7(13)10-17-4-3-16-2/h3-6H2,1-2H3,(H,10,13). The Hall–Kier alpha value is -1.67. The molecular formula is C9H15N3O5. The Balaban J connectivity index is 2.31. The zero-order chi connectivity index (χ0) is 12.8. The highest BCUT2D eigenvalue weighted by molar-refractivity contribution is 6.04. The summed E-state index contributed by atoms with van der Waals surface area (Å²) in [6, 6.07) is -0.484. The maximum Gasteiger partial charge on any atom is 0.327 e. The van der Waals surface area contributed by atoms with Gasteiger partial charge in [-0.15, -0.1) is 0 Å². The molecule has 8 heteroatoms. The molecule has 0 bridgehead atoms. The Labute approximate surface area is 98.4 Å². The van der Waals surface area contributed by atoms with Crippen LogP contribution in [0.1, 0.15) is 0 Å². The van der Waals surface area contributed by atoms with E-state index in [0.29, 0.717) is 6.61 Å². The van der Waals surface area contributed by atoms with Gasteiger partial charge in [0, 0.05) is 14.2 Å². The van der Waals surface area contributed by atoms with Gasteiger partial charge in [0.2, 0.25) is 0 Å². The van der Waals surface area contributed by atoms with Crippen molar-refractivity contribution in [3.63, 3.8) is 0 Å². The van der Waals surface area contributed by atoms with E-state index in [1.54, 1.807) is 0 Å². The van der Waals surface area contributed by atoms with Gasteiger partial charge in [-0.1, -0.05) is 0 Å². The lowest BCUT2D eigenvalue weighted by atomic mass is 10.5. The average Bonchev–Trinajstić information content (AvgIpc) is 2.52. The third kappa shape index (κ3) is 3.68. The number of likely N-dealkylation sites (N-methyl/N-ethyl adjacent to an activating group) is 1. The fourth-order valence-electron chi connectivity index (χ4n) is 1.26. The van der Waals surface area contributed by atoms with Gasteiger partial charge in [0.25, 0.3) is 11.8 Å². The molecule has 1 aliphatic heterocycles. The molecule has 96 valence electrons.